The molecule has 0 aliphatic carbocycles. The zero-order valence-electron chi connectivity index (χ0n) is 21.1. The standard InChI is InChI=1S/C28H30N4O4/c1-28(2,3)36-27(33)32-25-15-20(14-19-9-10-22(35-5)16-23(19)25)24-11-12-29-26(31-24)30-17-18-7-6-8-21(13-18)34-4/h6-16H,17H2,1-5H3,(H,32,33)(H,29,30,31). The van der Waals surface area contributed by atoms with E-state index < -0.39 is 11.7 Å². The number of nitrogens with zero attached hydrogens (tertiary/aromatic N) is 2. The lowest BCUT2D eigenvalue weighted by Gasteiger charge is -2.20. The number of amides is 1. The van der Waals surface area contributed by atoms with Gasteiger partial charge in [-0.2, -0.15) is 0 Å². The molecular weight excluding hydrogens is 456 g/mol. The number of benzene rings is 3. The summed E-state index contributed by atoms with van der Waals surface area (Å²) in [7, 11) is 3.25. The van der Waals surface area contributed by atoms with E-state index >= 15 is 0 Å². The number of fused-ring (bicyclic) bond motifs is 1. The van der Waals surface area contributed by atoms with Crippen molar-refractivity contribution >= 4 is 28.5 Å². The second-order valence-electron chi connectivity index (χ2n) is 9.21. The van der Waals surface area contributed by atoms with Crippen LogP contribution < -0.4 is 20.1 Å². The minimum atomic E-state index is -0.620. The van der Waals surface area contributed by atoms with Gasteiger partial charge in [0.25, 0.3) is 0 Å². The van der Waals surface area contributed by atoms with Gasteiger partial charge in [0.1, 0.15) is 17.1 Å². The van der Waals surface area contributed by atoms with E-state index in [1.807, 2.05) is 81.4 Å². The largest absolute Gasteiger partial charge is 0.497 e. The Morgan fingerprint density at radius 1 is 0.944 bits per heavy atom. The maximum absolute atomic E-state index is 12.6. The van der Waals surface area contributed by atoms with Crippen LogP contribution in [-0.4, -0.2) is 35.9 Å². The van der Waals surface area contributed by atoms with Crippen molar-refractivity contribution in [3.63, 3.8) is 0 Å². The number of anilines is 2. The quantitative estimate of drug-likeness (QED) is 0.318. The number of aromatic nitrogens is 2. The van der Waals surface area contributed by atoms with Crippen LogP contribution in [0.3, 0.4) is 0 Å². The highest BCUT2D eigenvalue weighted by atomic mass is 16.6. The average molecular weight is 487 g/mol. The van der Waals surface area contributed by atoms with E-state index in [-0.39, 0.29) is 0 Å². The van der Waals surface area contributed by atoms with Gasteiger partial charge in [-0.3, -0.25) is 5.32 Å². The molecule has 1 aromatic heterocycles. The summed E-state index contributed by atoms with van der Waals surface area (Å²) in [5, 5.41) is 7.90. The third-order valence-corrected chi connectivity index (χ3v) is 5.33. The van der Waals surface area contributed by atoms with Gasteiger partial charge in [0.05, 0.1) is 25.6 Å². The molecule has 4 rings (SSSR count). The highest BCUT2D eigenvalue weighted by molar-refractivity contribution is 6.03. The summed E-state index contributed by atoms with van der Waals surface area (Å²) in [6, 6.07) is 19.2. The van der Waals surface area contributed by atoms with Gasteiger partial charge in [-0.05, 0) is 74.2 Å². The van der Waals surface area contributed by atoms with E-state index in [0.717, 1.165) is 27.6 Å². The van der Waals surface area contributed by atoms with Crippen molar-refractivity contribution in [2.45, 2.75) is 32.9 Å². The second-order valence-corrected chi connectivity index (χ2v) is 9.21. The normalized spacial score (nSPS) is 11.1. The highest BCUT2D eigenvalue weighted by Crippen LogP contribution is 2.33. The third-order valence-electron chi connectivity index (χ3n) is 5.33. The van der Waals surface area contributed by atoms with Crippen LogP contribution in [0, 0.1) is 0 Å². The summed E-state index contributed by atoms with van der Waals surface area (Å²) < 4.78 is 16.2. The van der Waals surface area contributed by atoms with E-state index in [1.165, 1.54) is 0 Å². The van der Waals surface area contributed by atoms with E-state index in [4.69, 9.17) is 19.2 Å². The Labute approximate surface area is 210 Å². The molecule has 4 aromatic rings. The molecule has 186 valence electrons. The van der Waals surface area contributed by atoms with Gasteiger partial charge in [0.2, 0.25) is 5.95 Å². The van der Waals surface area contributed by atoms with E-state index in [1.54, 1.807) is 20.4 Å². The molecule has 0 aliphatic heterocycles. The van der Waals surface area contributed by atoms with Gasteiger partial charge < -0.3 is 19.5 Å². The maximum Gasteiger partial charge on any atom is 0.412 e. The predicted octanol–water partition coefficient (Wildman–Crippen LogP) is 6.27. The van der Waals surface area contributed by atoms with Crippen molar-refractivity contribution < 1.29 is 19.0 Å². The smallest absolute Gasteiger partial charge is 0.412 e. The fraction of sp³-hybridized carbons (Fsp3) is 0.250. The van der Waals surface area contributed by atoms with Gasteiger partial charge in [-0.25, -0.2) is 14.8 Å². The highest BCUT2D eigenvalue weighted by Gasteiger charge is 2.18. The first-order valence-electron chi connectivity index (χ1n) is 11.6. The Hall–Kier alpha value is -4.33. The molecule has 3 aromatic carbocycles. The van der Waals surface area contributed by atoms with Crippen molar-refractivity contribution in [2.24, 2.45) is 0 Å². The van der Waals surface area contributed by atoms with Crippen LogP contribution in [-0.2, 0) is 11.3 Å². The first-order valence-corrected chi connectivity index (χ1v) is 11.6. The molecule has 0 spiro atoms. The van der Waals surface area contributed by atoms with Crippen LogP contribution in [0.15, 0.2) is 66.9 Å². The molecule has 36 heavy (non-hydrogen) atoms. The molecule has 8 nitrogen and oxygen atoms in total. The molecule has 0 aliphatic rings. The number of rotatable bonds is 7. The lowest BCUT2D eigenvalue weighted by atomic mass is 10.0. The van der Waals surface area contributed by atoms with E-state index in [2.05, 4.69) is 15.6 Å². The van der Waals surface area contributed by atoms with Gasteiger partial charge in [-0.1, -0.05) is 18.2 Å². The second kappa shape index (κ2) is 10.5. The van der Waals surface area contributed by atoms with Crippen LogP contribution in [0.1, 0.15) is 26.3 Å². The number of ether oxygens (including phenoxy) is 3. The summed E-state index contributed by atoms with van der Waals surface area (Å²) in [4.78, 5) is 21.6. The fourth-order valence-electron chi connectivity index (χ4n) is 3.70. The van der Waals surface area contributed by atoms with Gasteiger partial charge in [-0.15, -0.1) is 0 Å². The minimum absolute atomic E-state index is 0.492. The minimum Gasteiger partial charge on any atom is -0.497 e. The number of nitrogens with one attached hydrogen (secondary N) is 2. The van der Waals surface area contributed by atoms with Gasteiger partial charge in [0.15, 0.2) is 0 Å². The Kier molecular flexibility index (Phi) is 7.24. The lowest BCUT2D eigenvalue weighted by Crippen LogP contribution is -2.27. The van der Waals surface area contributed by atoms with Crippen molar-refractivity contribution in [1.29, 1.82) is 0 Å². The predicted molar refractivity (Wildman–Crippen MR) is 142 cm³/mol. The topological polar surface area (TPSA) is 94.6 Å². The molecule has 0 fully saturated rings. The van der Waals surface area contributed by atoms with Crippen molar-refractivity contribution in [2.75, 3.05) is 24.9 Å². The molecule has 0 atom stereocenters. The molecule has 1 heterocycles. The first kappa shape index (κ1) is 24.8. The zero-order valence-corrected chi connectivity index (χ0v) is 21.1. The Bertz CT molecular complexity index is 1380. The molecular formula is C28H30N4O4. The van der Waals surface area contributed by atoms with Gasteiger partial charge in [0, 0.05) is 23.7 Å². The Balaban J connectivity index is 1.65. The zero-order chi connectivity index (χ0) is 25.7. The monoisotopic (exact) mass is 486 g/mol. The van der Waals surface area contributed by atoms with Crippen molar-refractivity contribution in [1.82, 2.24) is 9.97 Å². The van der Waals surface area contributed by atoms with Crippen LogP contribution in [0.2, 0.25) is 0 Å². The first-order chi connectivity index (χ1) is 17.2. The number of methoxy groups -OCH3 is 2. The number of hydrogen-bond acceptors (Lipinski definition) is 7. The molecule has 0 bridgehead atoms. The molecule has 8 heteroatoms. The van der Waals surface area contributed by atoms with E-state index in [9.17, 15) is 4.79 Å². The molecule has 0 unspecified atom stereocenters. The molecule has 1 amide bonds. The van der Waals surface area contributed by atoms with Crippen molar-refractivity contribution in [3.8, 4) is 22.8 Å². The summed E-state index contributed by atoms with van der Waals surface area (Å²) >= 11 is 0. The van der Waals surface area contributed by atoms with Crippen molar-refractivity contribution in [3.05, 3.63) is 72.4 Å². The lowest BCUT2D eigenvalue weighted by molar-refractivity contribution is 0.0636. The maximum atomic E-state index is 12.6. The number of carbonyl (C=O) groups is 1. The molecule has 2 N–H and O–H groups in total. The Morgan fingerprint density at radius 3 is 2.47 bits per heavy atom. The number of carbonyl (C=O) groups excluding carboxylic acids is 1. The van der Waals surface area contributed by atoms with Crippen LogP contribution in [0.25, 0.3) is 22.0 Å². The Morgan fingerprint density at radius 2 is 1.72 bits per heavy atom. The summed E-state index contributed by atoms with van der Waals surface area (Å²) in [6.07, 6.45) is 1.17. The van der Waals surface area contributed by atoms with Crippen LogP contribution in [0.5, 0.6) is 11.5 Å². The van der Waals surface area contributed by atoms with Crippen LogP contribution >= 0.6 is 0 Å². The summed E-state index contributed by atoms with van der Waals surface area (Å²) in [5.41, 5.74) is 2.56. The summed E-state index contributed by atoms with van der Waals surface area (Å²) in [5.74, 6) is 1.97. The molecule has 0 saturated heterocycles. The SMILES string of the molecule is COc1cccc(CNc2nccc(-c3cc(NC(=O)OC(C)(C)C)c4cc(OC)ccc4c3)n2)c1. The molecule has 0 saturated carbocycles. The van der Waals surface area contributed by atoms with Crippen LogP contribution in [0.4, 0.5) is 16.4 Å². The summed E-state index contributed by atoms with van der Waals surface area (Å²) in [6.45, 7) is 6.02. The fourth-order valence-corrected chi connectivity index (χ4v) is 3.70. The molecule has 0 radical (unpaired) electrons. The number of hydrogen-bond donors (Lipinski definition) is 2. The average Bonchev–Trinajstić information content (AvgIpc) is 2.86. The third kappa shape index (κ3) is 6.21. The van der Waals surface area contributed by atoms with E-state index in [0.29, 0.717) is 29.6 Å². The van der Waals surface area contributed by atoms with Gasteiger partial charge >= 0.3 is 6.09 Å².